The molecule has 0 unspecified atom stereocenters. The minimum absolute atomic E-state index is 0.0500. The first kappa shape index (κ1) is 11.4. The van der Waals surface area contributed by atoms with Crippen molar-refractivity contribution in [3.8, 4) is 5.75 Å². The molecule has 18 heavy (non-hydrogen) atoms. The second-order valence-electron chi connectivity index (χ2n) is 4.14. The van der Waals surface area contributed by atoms with E-state index in [1.807, 2.05) is 48.7 Å². The Kier molecular flexibility index (Phi) is 2.84. The summed E-state index contributed by atoms with van der Waals surface area (Å²) in [5.41, 5.74) is 2.36. The number of ether oxygens (including phenoxy) is 1. The number of carbonyl (C=O) groups excluding carboxylic acids is 1. The molecule has 2 aromatic carbocycles. The first-order valence-electron chi connectivity index (χ1n) is 5.73. The van der Waals surface area contributed by atoms with Gasteiger partial charge >= 0.3 is 0 Å². The van der Waals surface area contributed by atoms with Crippen LogP contribution in [0.3, 0.4) is 0 Å². The van der Waals surface area contributed by atoms with E-state index in [2.05, 4.69) is 0 Å². The molecule has 0 amide bonds. The normalized spacial score (nSPS) is 13.3. The largest absolute Gasteiger partial charge is 0.488 e. The van der Waals surface area contributed by atoms with Gasteiger partial charge in [-0.3, -0.25) is 4.79 Å². The lowest BCUT2D eigenvalue weighted by Crippen LogP contribution is -2.02. The molecule has 0 spiro atoms. The highest BCUT2D eigenvalue weighted by Crippen LogP contribution is 2.30. The second-order valence-corrected chi connectivity index (χ2v) is 5.02. The van der Waals surface area contributed by atoms with Crippen LogP contribution in [0.2, 0.25) is 0 Å². The Balaban J connectivity index is 2.17. The SMILES string of the molecule is CSc1ccc2c(c1)C(=O)c1ccccc1OC2. The van der Waals surface area contributed by atoms with Crippen LogP contribution in [0.25, 0.3) is 0 Å². The van der Waals surface area contributed by atoms with Crippen molar-refractivity contribution in [2.24, 2.45) is 0 Å². The molecular weight excluding hydrogens is 244 g/mol. The Morgan fingerprint density at radius 1 is 1.11 bits per heavy atom. The van der Waals surface area contributed by atoms with Crippen molar-refractivity contribution < 1.29 is 9.53 Å². The number of hydrogen-bond donors (Lipinski definition) is 0. The first-order valence-corrected chi connectivity index (χ1v) is 6.95. The zero-order valence-corrected chi connectivity index (χ0v) is 10.8. The molecule has 1 aliphatic heterocycles. The molecule has 0 bridgehead atoms. The van der Waals surface area contributed by atoms with E-state index in [4.69, 9.17) is 4.74 Å². The van der Waals surface area contributed by atoms with Gasteiger partial charge in [-0.25, -0.2) is 0 Å². The highest BCUT2D eigenvalue weighted by molar-refractivity contribution is 7.98. The van der Waals surface area contributed by atoms with Gasteiger partial charge in [-0.15, -0.1) is 11.8 Å². The molecule has 0 radical (unpaired) electrons. The van der Waals surface area contributed by atoms with E-state index in [1.54, 1.807) is 11.8 Å². The molecule has 90 valence electrons. The number of thioether (sulfide) groups is 1. The molecule has 3 rings (SSSR count). The highest BCUT2D eigenvalue weighted by Gasteiger charge is 2.21. The van der Waals surface area contributed by atoms with Crippen LogP contribution >= 0.6 is 11.8 Å². The summed E-state index contributed by atoms with van der Waals surface area (Å²) in [6.45, 7) is 0.451. The lowest BCUT2D eigenvalue weighted by molar-refractivity contribution is 0.103. The molecule has 3 heteroatoms. The lowest BCUT2D eigenvalue weighted by atomic mass is 9.99. The molecule has 0 N–H and O–H groups in total. The standard InChI is InChI=1S/C15H12O2S/c1-18-11-7-6-10-9-17-14-5-3-2-4-12(14)15(16)13(10)8-11/h2-8H,9H2,1H3. The fourth-order valence-corrected chi connectivity index (χ4v) is 2.54. The molecule has 1 aliphatic rings. The van der Waals surface area contributed by atoms with E-state index >= 15 is 0 Å². The number of ketones is 1. The van der Waals surface area contributed by atoms with Crippen LogP contribution in [-0.4, -0.2) is 12.0 Å². The van der Waals surface area contributed by atoms with E-state index < -0.39 is 0 Å². The summed E-state index contributed by atoms with van der Waals surface area (Å²) in [4.78, 5) is 13.6. The summed E-state index contributed by atoms with van der Waals surface area (Å²) in [5.74, 6) is 0.721. The van der Waals surface area contributed by atoms with Crippen LogP contribution in [0.4, 0.5) is 0 Å². The third-order valence-corrected chi connectivity index (χ3v) is 3.80. The smallest absolute Gasteiger partial charge is 0.197 e. The van der Waals surface area contributed by atoms with Gasteiger partial charge in [0.1, 0.15) is 12.4 Å². The number of para-hydroxylation sites is 1. The molecule has 0 aliphatic carbocycles. The van der Waals surface area contributed by atoms with Gasteiger partial charge in [-0.05, 0) is 30.5 Å². The van der Waals surface area contributed by atoms with Crippen LogP contribution in [0.5, 0.6) is 5.75 Å². The minimum atomic E-state index is 0.0500. The Labute approximate surface area is 110 Å². The average Bonchev–Trinajstić information content (AvgIpc) is 2.57. The Morgan fingerprint density at radius 2 is 1.94 bits per heavy atom. The van der Waals surface area contributed by atoms with Crippen LogP contribution in [-0.2, 0) is 6.61 Å². The molecule has 1 heterocycles. The van der Waals surface area contributed by atoms with Crippen molar-refractivity contribution in [1.82, 2.24) is 0 Å². The lowest BCUT2D eigenvalue weighted by Gasteiger charge is -2.05. The quantitative estimate of drug-likeness (QED) is 0.730. The maximum Gasteiger partial charge on any atom is 0.197 e. The number of fused-ring (bicyclic) bond motifs is 2. The van der Waals surface area contributed by atoms with Gasteiger partial charge in [0.2, 0.25) is 0 Å². The minimum Gasteiger partial charge on any atom is -0.488 e. The molecule has 2 aromatic rings. The third-order valence-electron chi connectivity index (χ3n) is 3.08. The predicted octanol–water partition coefficient (Wildman–Crippen LogP) is 3.53. The van der Waals surface area contributed by atoms with Gasteiger partial charge < -0.3 is 4.74 Å². The van der Waals surface area contributed by atoms with Crippen LogP contribution < -0.4 is 4.74 Å². The summed E-state index contributed by atoms with van der Waals surface area (Å²) < 4.78 is 5.69. The fraction of sp³-hybridized carbons (Fsp3) is 0.133. The van der Waals surface area contributed by atoms with E-state index in [0.29, 0.717) is 17.9 Å². The van der Waals surface area contributed by atoms with E-state index in [-0.39, 0.29) is 5.78 Å². The second kappa shape index (κ2) is 4.50. The van der Waals surface area contributed by atoms with E-state index in [0.717, 1.165) is 16.0 Å². The molecule has 0 fully saturated rings. The molecule has 0 atom stereocenters. The first-order chi connectivity index (χ1) is 8.79. The van der Waals surface area contributed by atoms with E-state index in [1.165, 1.54) is 0 Å². The van der Waals surface area contributed by atoms with Crippen molar-refractivity contribution in [3.63, 3.8) is 0 Å². The van der Waals surface area contributed by atoms with Gasteiger partial charge in [0.05, 0.1) is 5.56 Å². The maximum absolute atomic E-state index is 12.5. The molecule has 0 aromatic heterocycles. The summed E-state index contributed by atoms with van der Waals surface area (Å²) >= 11 is 1.64. The summed E-state index contributed by atoms with van der Waals surface area (Å²) in [7, 11) is 0. The van der Waals surface area contributed by atoms with Crippen LogP contribution in [0.15, 0.2) is 47.4 Å². The zero-order valence-electron chi connectivity index (χ0n) is 9.97. The summed E-state index contributed by atoms with van der Waals surface area (Å²) in [6, 6.07) is 13.4. The number of hydrogen-bond acceptors (Lipinski definition) is 3. The van der Waals surface area contributed by atoms with Gasteiger partial charge in [0, 0.05) is 16.0 Å². The number of carbonyl (C=O) groups is 1. The van der Waals surface area contributed by atoms with E-state index in [9.17, 15) is 4.79 Å². The van der Waals surface area contributed by atoms with Gasteiger partial charge in [-0.1, -0.05) is 18.2 Å². The van der Waals surface area contributed by atoms with Crippen molar-refractivity contribution in [3.05, 3.63) is 59.2 Å². The summed E-state index contributed by atoms with van der Waals surface area (Å²) in [6.07, 6.45) is 2.01. The molecule has 0 saturated heterocycles. The number of rotatable bonds is 1. The fourth-order valence-electron chi connectivity index (χ4n) is 2.10. The summed E-state index contributed by atoms with van der Waals surface area (Å²) in [5, 5.41) is 0. The monoisotopic (exact) mass is 256 g/mol. The average molecular weight is 256 g/mol. The Morgan fingerprint density at radius 3 is 2.78 bits per heavy atom. The zero-order chi connectivity index (χ0) is 12.5. The van der Waals surface area contributed by atoms with Crippen molar-refractivity contribution in [2.45, 2.75) is 11.5 Å². The maximum atomic E-state index is 12.5. The van der Waals surface area contributed by atoms with Crippen molar-refractivity contribution in [1.29, 1.82) is 0 Å². The highest BCUT2D eigenvalue weighted by atomic mass is 32.2. The van der Waals surface area contributed by atoms with Crippen molar-refractivity contribution in [2.75, 3.05) is 6.26 Å². The van der Waals surface area contributed by atoms with Gasteiger partial charge in [0.15, 0.2) is 5.78 Å². The Bertz CT molecular complexity index is 620. The van der Waals surface area contributed by atoms with Crippen molar-refractivity contribution >= 4 is 17.5 Å². The molecular formula is C15H12O2S. The Hall–Kier alpha value is -1.74. The third kappa shape index (κ3) is 1.81. The predicted molar refractivity (Wildman–Crippen MR) is 72.4 cm³/mol. The van der Waals surface area contributed by atoms with Gasteiger partial charge in [0.25, 0.3) is 0 Å². The van der Waals surface area contributed by atoms with Gasteiger partial charge in [-0.2, -0.15) is 0 Å². The van der Waals surface area contributed by atoms with Crippen LogP contribution in [0, 0.1) is 0 Å². The molecule has 0 saturated carbocycles. The molecule has 2 nitrogen and oxygen atoms in total. The number of benzene rings is 2. The van der Waals surface area contributed by atoms with Crippen LogP contribution in [0.1, 0.15) is 21.5 Å². The topological polar surface area (TPSA) is 26.3 Å².